The van der Waals surface area contributed by atoms with Crippen molar-refractivity contribution in [2.75, 3.05) is 0 Å². The Labute approximate surface area is 205 Å². The molecule has 3 aromatic heterocycles. The molecule has 7 heteroatoms. The van der Waals surface area contributed by atoms with Crippen LogP contribution in [-0.2, 0) is 12.8 Å². The smallest absolute Gasteiger partial charge is 0.283 e. The van der Waals surface area contributed by atoms with E-state index in [2.05, 4.69) is 53.3 Å². The Morgan fingerprint density at radius 2 is 1.74 bits per heavy atom. The van der Waals surface area contributed by atoms with Crippen molar-refractivity contribution in [1.29, 1.82) is 0 Å². The van der Waals surface area contributed by atoms with Crippen LogP contribution < -0.4 is 10.4 Å². The maximum atomic E-state index is 13.7. The molecule has 0 spiro atoms. The van der Waals surface area contributed by atoms with Crippen molar-refractivity contribution < 1.29 is 0 Å². The molecule has 0 atom stereocenters. The standard InChI is InChI=1S/C27H24N4OS2/c1-17-12-14-20(15-13-17)30-22(19-8-4-3-5-9-19)16-33-27(30)29-31-18(2)28-25-24(26(31)32)21-10-6-7-11-23(21)34-25/h3-5,8-9,12-16H,6-7,10-11H2,1-2H3/b29-27-. The van der Waals surface area contributed by atoms with Crippen LogP contribution in [0, 0.1) is 13.8 Å². The third-order valence-electron chi connectivity index (χ3n) is 6.38. The highest BCUT2D eigenvalue weighted by Gasteiger charge is 2.21. The van der Waals surface area contributed by atoms with E-state index < -0.39 is 0 Å². The summed E-state index contributed by atoms with van der Waals surface area (Å²) >= 11 is 3.21. The van der Waals surface area contributed by atoms with E-state index in [1.165, 1.54) is 38.4 Å². The Kier molecular flexibility index (Phi) is 5.31. The van der Waals surface area contributed by atoms with Crippen LogP contribution in [0.2, 0.25) is 0 Å². The summed E-state index contributed by atoms with van der Waals surface area (Å²) in [5.74, 6) is 0.612. The van der Waals surface area contributed by atoms with Gasteiger partial charge >= 0.3 is 0 Å². The minimum Gasteiger partial charge on any atom is -0.284 e. The third kappa shape index (κ3) is 3.56. The van der Waals surface area contributed by atoms with Crippen molar-refractivity contribution in [3.63, 3.8) is 0 Å². The molecule has 3 heterocycles. The van der Waals surface area contributed by atoms with E-state index in [0.29, 0.717) is 5.82 Å². The molecule has 1 aliphatic carbocycles. The second-order valence-corrected chi connectivity index (χ2v) is 10.6. The molecule has 6 rings (SSSR count). The van der Waals surface area contributed by atoms with E-state index in [1.807, 2.05) is 25.1 Å². The van der Waals surface area contributed by atoms with Gasteiger partial charge in [-0.2, -0.15) is 4.68 Å². The SMILES string of the molecule is Cc1ccc(-n2c(-c3ccccc3)cs/c2=N\n2c(C)nc3sc4c(c3c2=O)CCCC4)cc1. The maximum Gasteiger partial charge on any atom is 0.283 e. The predicted molar refractivity (Wildman–Crippen MR) is 140 cm³/mol. The van der Waals surface area contributed by atoms with Crippen LogP contribution in [-0.4, -0.2) is 14.2 Å². The summed E-state index contributed by atoms with van der Waals surface area (Å²) in [6.45, 7) is 3.95. The van der Waals surface area contributed by atoms with Gasteiger partial charge in [0.15, 0.2) is 0 Å². The fourth-order valence-corrected chi connectivity index (χ4v) is 6.83. The highest BCUT2D eigenvalue weighted by Crippen LogP contribution is 2.33. The lowest BCUT2D eigenvalue weighted by Crippen LogP contribution is -2.25. The van der Waals surface area contributed by atoms with Crippen molar-refractivity contribution in [1.82, 2.24) is 14.2 Å². The molecule has 0 aliphatic heterocycles. The molecule has 2 aromatic carbocycles. The van der Waals surface area contributed by atoms with Crippen LogP contribution in [0.4, 0.5) is 0 Å². The lowest BCUT2D eigenvalue weighted by Gasteiger charge is -2.11. The highest BCUT2D eigenvalue weighted by molar-refractivity contribution is 7.18. The first-order valence-corrected chi connectivity index (χ1v) is 13.2. The first kappa shape index (κ1) is 21.3. The second kappa shape index (κ2) is 8.49. The molecule has 34 heavy (non-hydrogen) atoms. The molecule has 1 aliphatic rings. The lowest BCUT2D eigenvalue weighted by atomic mass is 9.97. The maximum absolute atomic E-state index is 13.7. The molecule has 0 radical (unpaired) electrons. The first-order chi connectivity index (χ1) is 16.6. The third-order valence-corrected chi connectivity index (χ3v) is 8.39. The van der Waals surface area contributed by atoms with Gasteiger partial charge in [0.2, 0.25) is 4.80 Å². The quantitative estimate of drug-likeness (QED) is 0.323. The second-order valence-electron chi connectivity index (χ2n) is 8.71. The normalized spacial score (nSPS) is 14.0. The molecule has 0 amide bonds. The Bertz CT molecular complexity index is 1640. The number of rotatable bonds is 3. The zero-order valence-electron chi connectivity index (χ0n) is 19.1. The zero-order valence-corrected chi connectivity index (χ0v) is 20.7. The van der Waals surface area contributed by atoms with Gasteiger partial charge in [-0.05, 0) is 62.8 Å². The van der Waals surface area contributed by atoms with Crippen LogP contribution in [0.3, 0.4) is 0 Å². The average Bonchev–Trinajstić information content (AvgIpc) is 3.44. The van der Waals surface area contributed by atoms with E-state index in [4.69, 9.17) is 10.1 Å². The lowest BCUT2D eigenvalue weighted by molar-refractivity contribution is 0.696. The van der Waals surface area contributed by atoms with Gasteiger partial charge in [-0.15, -0.1) is 27.8 Å². The van der Waals surface area contributed by atoms with E-state index >= 15 is 0 Å². The number of benzene rings is 2. The topological polar surface area (TPSA) is 52.2 Å². The number of hydrogen-bond donors (Lipinski definition) is 0. The van der Waals surface area contributed by atoms with Gasteiger partial charge in [-0.3, -0.25) is 9.36 Å². The van der Waals surface area contributed by atoms with Crippen LogP contribution >= 0.6 is 22.7 Å². The summed E-state index contributed by atoms with van der Waals surface area (Å²) in [7, 11) is 0. The fraction of sp³-hybridized carbons (Fsp3) is 0.222. The summed E-state index contributed by atoms with van der Waals surface area (Å²) in [4.78, 5) is 21.4. The fourth-order valence-electron chi connectivity index (χ4n) is 4.64. The van der Waals surface area contributed by atoms with Gasteiger partial charge in [0, 0.05) is 15.9 Å². The molecule has 0 N–H and O–H groups in total. The van der Waals surface area contributed by atoms with Gasteiger partial charge in [0.1, 0.15) is 10.7 Å². The van der Waals surface area contributed by atoms with Crippen LogP contribution in [0.1, 0.15) is 34.7 Å². The molecule has 170 valence electrons. The summed E-state index contributed by atoms with van der Waals surface area (Å²) in [5.41, 5.74) is 5.48. The Balaban J connectivity index is 1.62. The van der Waals surface area contributed by atoms with Crippen molar-refractivity contribution in [2.45, 2.75) is 39.5 Å². The van der Waals surface area contributed by atoms with Crippen molar-refractivity contribution >= 4 is 32.9 Å². The number of aryl methyl sites for hydroxylation is 4. The van der Waals surface area contributed by atoms with Gasteiger partial charge in [-0.1, -0.05) is 48.0 Å². The molecule has 0 unspecified atom stereocenters. The van der Waals surface area contributed by atoms with E-state index in [9.17, 15) is 4.79 Å². The largest absolute Gasteiger partial charge is 0.284 e. The van der Waals surface area contributed by atoms with Gasteiger partial charge in [-0.25, -0.2) is 4.98 Å². The van der Waals surface area contributed by atoms with E-state index in [-0.39, 0.29) is 5.56 Å². The van der Waals surface area contributed by atoms with Gasteiger partial charge in [0.05, 0.1) is 11.1 Å². The summed E-state index contributed by atoms with van der Waals surface area (Å²) < 4.78 is 3.62. The number of thiophene rings is 1. The van der Waals surface area contributed by atoms with Crippen LogP contribution in [0.25, 0.3) is 27.2 Å². The summed E-state index contributed by atoms with van der Waals surface area (Å²) in [6, 6.07) is 18.7. The number of nitrogens with zero attached hydrogens (tertiary/aromatic N) is 4. The van der Waals surface area contributed by atoms with Crippen LogP contribution in [0.5, 0.6) is 0 Å². The van der Waals surface area contributed by atoms with Crippen molar-refractivity contribution in [3.8, 4) is 16.9 Å². The van der Waals surface area contributed by atoms with Crippen molar-refractivity contribution in [3.05, 3.63) is 97.0 Å². The van der Waals surface area contributed by atoms with E-state index in [0.717, 1.165) is 51.2 Å². The molecule has 0 saturated carbocycles. The Morgan fingerprint density at radius 3 is 2.53 bits per heavy atom. The molecular weight excluding hydrogens is 460 g/mol. The first-order valence-electron chi connectivity index (χ1n) is 11.5. The molecular formula is C27H24N4OS2. The number of hydrogen-bond acceptors (Lipinski definition) is 5. The summed E-state index contributed by atoms with van der Waals surface area (Å²) in [5, 5.41) is 7.76. The molecule has 5 aromatic rings. The Hall–Kier alpha value is -3.29. The van der Waals surface area contributed by atoms with E-state index in [1.54, 1.807) is 11.3 Å². The molecule has 0 bridgehead atoms. The minimum absolute atomic E-state index is 0.0629. The molecule has 0 fully saturated rings. The number of aromatic nitrogens is 3. The highest BCUT2D eigenvalue weighted by atomic mass is 32.1. The van der Waals surface area contributed by atoms with Crippen molar-refractivity contribution in [2.24, 2.45) is 5.10 Å². The predicted octanol–water partition coefficient (Wildman–Crippen LogP) is 5.84. The zero-order chi connectivity index (χ0) is 23.2. The van der Waals surface area contributed by atoms with Gasteiger partial charge in [0.25, 0.3) is 5.56 Å². The molecule has 0 saturated heterocycles. The number of fused-ring (bicyclic) bond motifs is 3. The minimum atomic E-state index is -0.0629. The number of thiazole rings is 1. The Morgan fingerprint density at radius 1 is 0.971 bits per heavy atom. The average molecular weight is 485 g/mol. The van der Waals surface area contributed by atoms with Crippen LogP contribution in [0.15, 0.2) is 69.9 Å². The summed E-state index contributed by atoms with van der Waals surface area (Å²) in [6.07, 6.45) is 4.31. The molecule has 5 nitrogen and oxygen atoms in total. The van der Waals surface area contributed by atoms with Gasteiger partial charge < -0.3 is 0 Å². The monoisotopic (exact) mass is 484 g/mol.